The maximum atomic E-state index is 2.32. The zero-order valence-electron chi connectivity index (χ0n) is 8.03. The van der Waals surface area contributed by atoms with Crippen molar-refractivity contribution in [2.24, 2.45) is 11.8 Å². The summed E-state index contributed by atoms with van der Waals surface area (Å²) in [5, 5.41) is 0. The van der Waals surface area contributed by atoms with Crippen LogP contribution in [0.15, 0.2) is 36.5 Å². The van der Waals surface area contributed by atoms with Crippen LogP contribution in [-0.2, 0) is 0 Å². The van der Waals surface area contributed by atoms with E-state index < -0.39 is 0 Å². The molecule has 0 bridgehead atoms. The Balaban J connectivity index is 2.26. The summed E-state index contributed by atoms with van der Waals surface area (Å²) < 4.78 is 0. The van der Waals surface area contributed by atoms with E-state index in [-0.39, 0.29) is 0 Å². The fourth-order valence-corrected chi connectivity index (χ4v) is 1.27. The molecule has 1 unspecified atom stereocenters. The molecule has 66 valence electrons. The number of rotatable bonds is 3. The lowest BCUT2D eigenvalue weighted by molar-refractivity contribution is 0.659. The average molecular weight is 162 g/mol. The molecule has 0 heteroatoms. The maximum absolute atomic E-state index is 2.32. The van der Waals surface area contributed by atoms with Crippen LogP contribution < -0.4 is 0 Å². The minimum atomic E-state index is 0.647. The van der Waals surface area contributed by atoms with Crippen LogP contribution in [0, 0.1) is 11.8 Å². The van der Waals surface area contributed by atoms with Gasteiger partial charge in [-0.1, -0.05) is 50.3 Å². The van der Waals surface area contributed by atoms with Crippen LogP contribution in [0.3, 0.4) is 0 Å². The molecule has 0 radical (unpaired) electrons. The second kappa shape index (κ2) is 4.97. The van der Waals surface area contributed by atoms with Gasteiger partial charge in [-0.2, -0.15) is 0 Å². The molecule has 12 heavy (non-hydrogen) atoms. The van der Waals surface area contributed by atoms with Crippen LogP contribution in [-0.4, -0.2) is 0 Å². The highest BCUT2D eigenvalue weighted by Gasteiger charge is 1.99. The monoisotopic (exact) mass is 162 g/mol. The van der Waals surface area contributed by atoms with Gasteiger partial charge in [0.1, 0.15) is 0 Å². The molecule has 0 nitrogen and oxygen atoms in total. The first-order valence-corrected chi connectivity index (χ1v) is 4.79. The minimum absolute atomic E-state index is 0.647. The van der Waals surface area contributed by atoms with Gasteiger partial charge in [-0.15, -0.1) is 0 Å². The van der Waals surface area contributed by atoms with Crippen LogP contribution in [0.4, 0.5) is 0 Å². The third kappa shape index (κ3) is 3.56. The lowest BCUT2D eigenvalue weighted by atomic mass is 9.99. The average Bonchev–Trinajstić information content (AvgIpc) is 2.05. The SMILES string of the molecule is CC(C)C/C=C/C1C=CC=CC1. The zero-order valence-corrected chi connectivity index (χ0v) is 8.03. The summed E-state index contributed by atoms with van der Waals surface area (Å²) in [7, 11) is 0. The molecular formula is C12H18. The lowest BCUT2D eigenvalue weighted by Crippen LogP contribution is -1.92. The highest BCUT2D eigenvalue weighted by Crippen LogP contribution is 2.13. The van der Waals surface area contributed by atoms with Crippen molar-refractivity contribution in [3.05, 3.63) is 36.5 Å². The van der Waals surface area contributed by atoms with E-state index in [9.17, 15) is 0 Å². The van der Waals surface area contributed by atoms with Gasteiger partial charge in [0.2, 0.25) is 0 Å². The molecule has 0 aromatic heterocycles. The van der Waals surface area contributed by atoms with E-state index in [4.69, 9.17) is 0 Å². The molecule has 0 aliphatic heterocycles. The van der Waals surface area contributed by atoms with Gasteiger partial charge in [0.25, 0.3) is 0 Å². The second-order valence-electron chi connectivity index (χ2n) is 3.77. The zero-order chi connectivity index (χ0) is 8.81. The van der Waals surface area contributed by atoms with E-state index in [2.05, 4.69) is 50.3 Å². The molecule has 1 atom stereocenters. The van der Waals surface area contributed by atoms with Gasteiger partial charge in [-0.05, 0) is 24.7 Å². The number of hydrogen-bond acceptors (Lipinski definition) is 0. The molecule has 0 N–H and O–H groups in total. The van der Waals surface area contributed by atoms with Gasteiger partial charge in [0, 0.05) is 0 Å². The predicted molar refractivity (Wildman–Crippen MR) is 55.0 cm³/mol. The van der Waals surface area contributed by atoms with E-state index >= 15 is 0 Å². The van der Waals surface area contributed by atoms with Gasteiger partial charge >= 0.3 is 0 Å². The Morgan fingerprint density at radius 1 is 1.42 bits per heavy atom. The molecule has 0 saturated carbocycles. The largest absolute Gasteiger partial charge is 0.0877 e. The third-order valence-corrected chi connectivity index (χ3v) is 2.00. The molecule has 1 aliphatic carbocycles. The molecule has 0 spiro atoms. The standard InChI is InChI=1S/C12H18/c1-11(2)7-6-10-12-8-4-3-5-9-12/h3-6,8,10-12H,7,9H2,1-2H3/b10-6+. The fourth-order valence-electron chi connectivity index (χ4n) is 1.27. The van der Waals surface area contributed by atoms with Crippen LogP contribution in [0.5, 0.6) is 0 Å². The summed E-state index contributed by atoms with van der Waals surface area (Å²) in [4.78, 5) is 0. The van der Waals surface area contributed by atoms with Crippen LogP contribution in [0.1, 0.15) is 26.7 Å². The van der Waals surface area contributed by atoms with Gasteiger partial charge in [0.05, 0.1) is 0 Å². The van der Waals surface area contributed by atoms with E-state index in [0.29, 0.717) is 5.92 Å². The summed E-state index contributed by atoms with van der Waals surface area (Å²) in [6.45, 7) is 4.50. The van der Waals surface area contributed by atoms with Crippen LogP contribution >= 0.6 is 0 Å². The Bertz CT molecular complexity index is 194. The highest BCUT2D eigenvalue weighted by molar-refractivity contribution is 5.15. The highest BCUT2D eigenvalue weighted by atomic mass is 14.0. The summed E-state index contributed by atoms with van der Waals surface area (Å²) in [5.74, 6) is 1.43. The first kappa shape index (κ1) is 9.31. The normalized spacial score (nSPS) is 22.8. The van der Waals surface area contributed by atoms with Crippen molar-refractivity contribution in [3.8, 4) is 0 Å². The Morgan fingerprint density at radius 2 is 2.25 bits per heavy atom. The quantitative estimate of drug-likeness (QED) is 0.555. The van der Waals surface area contributed by atoms with Crippen LogP contribution in [0.2, 0.25) is 0 Å². The Kier molecular flexibility index (Phi) is 3.86. The van der Waals surface area contributed by atoms with E-state index in [1.165, 1.54) is 12.8 Å². The smallest absolute Gasteiger partial charge is 0.00157 e. The van der Waals surface area contributed by atoms with Gasteiger partial charge < -0.3 is 0 Å². The Hall–Kier alpha value is -0.780. The fraction of sp³-hybridized carbons (Fsp3) is 0.500. The van der Waals surface area contributed by atoms with Crippen molar-refractivity contribution in [3.63, 3.8) is 0 Å². The molecular weight excluding hydrogens is 144 g/mol. The first-order valence-electron chi connectivity index (χ1n) is 4.79. The molecule has 0 fully saturated rings. The summed E-state index contributed by atoms with van der Waals surface area (Å²) in [5.41, 5.74) is 0. The van der Waals surface area contributed by atoms with Gasteiger partial charge in [-0.3, -0.25) is 0 Å². The topological polar surface area (TPSA) is 0 Å². The van der Waals surface area contributed by atoms with Crippen molar-refractivity contribution in [1.29, 1.82) is 0 Å². The summed E-state index contributed by atoms with van der Waals surface area (Å²) in [6, 6.07) is 0. The first-order chi connectivity index (χ1) is 5.79. The molecule has 0 amide bonds. The lowest BCUT2D eigenvalue weighted by Gasteiger charge is -2.07. The van der Waals surface area contributed by atoms with Crippen molar-refractivity contribution < 1.29 is 0 Å². The minimum Gasteiger partial charge on any atom is -0.0877 e. The Labute approximate surface area is 75.7 Å². The molecule has 1 aliphatic rings. The van der Waals surface area contributed by atoms with Crippen molar-refractivity contribution in [2.75, 3.05) is 0 Å². The maximum Gasteiger partial charge on any atom is -0.00157 e. The molecule has 0 aromatic rings. The number of hydrogen-bond donors (Lipinski definition) is 0. The second-order valence-corrected chi connectivity index (χ2v) is 3.77. The third-order valence-electron chi connectivity index (χ3n) is 2.00. The van der Waals surface area contributed by atoms with Crippen LogP contribution in [0.25, 0.3) is 0 Å². The molecule has 0 saturated heterocycles. The molecule has 0 aromatic carbocycles. The summed E-state index contributed by atoms with van der Waals surface area (Å²) in [6.07, 6.45) is 15.7. The van der Waals surface area contributed by atoms with E-state index in [1.807, 2.05) is 0 Å². The van der Waals surface area contributed by atoms with E-state index in [0.717, 1.165) is 5.92 Å². The van der Waals surface area contributed by atoms with Gasteiger partial charge in [-0.25, -0.2) is 0 Å². The summed E-state index contributed by atoms with van der Waals surface area (Å²) >= 11 is 0. The Morgan fingerprint density at radius 3 is 2.83 bits per heavy atom. The molecule has 1 rings (SSSR count). The number of allylic oxidation sites excluding steroid dienone is 6. The van der Waals surface area contributed by atoms with Crippen molar-refractivity contribution >= 4 is 0 Å². The van der Waals surface area contributed by atoms with Crippen molar-refractivity contribution in [2.45, 2.75) is 26.7 Å². The molecule has 0 heterocycles. The predicted octanol–water partition coefficient (Wildman–Crippen LogP) is 3.72. The van der Waals surface area contributed by atoms with Crippen molar-refractivity contribution in [1.82, 2.24) is 0 Å². The van der Waals surface area contributed by atoms with E-state index in [1.54, 1.807) is 0 Å². The van der Waals surface area contributed by atoms with Gasteiger partial charge in [0.15, 0.2) is 0 Å².